The van der Waals surface area contributed by atoms with Gasteiger partial charge in [-0.2, -0.15) is 0 Å². The number of aryl methyl sites for hydroxylation is 1. The summed E-state index contributed by atoms with van der Waals surface area (Å²) in [6.07, 6.45) is 1.71. The SMILES string of the molecule is C=CCn1c(SCCOc2ccccc2C)nc2ccccc2c1=O. The van der Waals surface area contributed by atoms with Crippen LogP contribution in [0.3, 0.4) is 0 Å². The molecule has 0 amide bonds. The molecule has 0 aliphatic carbocycles. The Morgan fingerprint density at radius 3 is 2.76 bits per heavy atom. The molecule has 5 heteroatoms. The van der Waals surface area contributed by atoms with Gasteiger partial charge in [-0.3, -0.25) is 9.36 Å². The Morgan fingerprint density at radius 2 is 1.96 bits per heavy atom. The maximum absolute atomic E-state index is 12.7. The van der Waals surface area contributed by atoms with Gasteiger partial charge in [0, 0.05) is 12.3 Å². The summed E-state index contributed by atoms with van der Waals surface area (Å²) in [5, 5.41) is 1.32. The highest BCUT2D eigenvalue weighted by atomic mass is 32.2. The second-order valence-electron chi connectivity index (χ2n) is 5.58. The zero-order valence-electron chi connectivity index (χ0n) is 14.1. The van der Waals surface area contributed by atoms with Crippen LogP contribution in [0.4, 0.5) is 0 Å². The van der Waals surface area contributed by atoms with Crippen molar-refractivity contribution in [1.29, 1.82) is 0 Å². The molecule has 0 unspecified atom stereocenters. The summed E-state index contributed by atoms with van der Waals surface area (Å²) in [6, 6.07) is 15.3. The molecule has 0 bridgehead atoms. The van der Waals surface area contributed by atoms with Crippen molar-refractivity contribution in [3.05, 3.63) is 77.1 Å². The Hall–Kier alpha value is -2.53. The van der Waals surface area contributed by atoms with Crippen LogP contribution in [0.25, 0.3) is 10.9 Å². The smallest absolute Gasteiger partial charge is 0.262 e. The fourth-order valence-electron chi connectivity index (χ4n) is 2.55. The van der Waals surface area contributed by atoms with E-state index in [0.29, 0.717) is 29.4 Å². The quantitative estimate of drug-likeness (QED) is 0.278. The van der Waals surface area contributed by atoms with Crippen LogP contribution in [0, 0.1) is 6.92 Å². The van der Waals surface area contributed by atoms with Crippen LogP contribution in [-0.4, -0.2) is 21.9 Å². The molecule has 3 aromatic rings. The molecular weight excluding hydrogens is 332 g/mol. The van der Waals surface area contributed by atoms with Gasteiger partial charge >= 0.3 is 0 Å². The van der Waals surface area contributed by atoms with E-state index in [0.717, 1.165) is 16.8 Å². The molecule has 1 heterocycles. The molecule has 0 aliphatic rings. The van der Waals surface area contributed by atoms with Crippen molar-refractivity contribution in [3.63, 3.8) is 0 Å². The van der Waals surface area contributed by atoms with Gasteiger partial charge in [-0.25, -0.2) is 4.98 Å². The minimum atomic E-state index is -0.0344. The number of hydrogen-bond donors (Lipinski definition) is 0. The molecule has 0 N–H and O–H groups in total. The molecular formula is C20H20N2O2S. The molecule has 2 aromatic carbocycles. The number of aromatic nitrogens is 2. The third-order valence-corrected chi connectivity index (χ3v) is 4.74. The summed E-state index contributed by atoms with van der Waals surface area (Å²) in [5.41, 5.74) is 1.79. The summed E-state index contributed by atoms with van der Waals surface area (Å²) < 4.78 is 7.48. The first kappa shape index (κ1) is 17.3. The van der Waals surface area contributed by atoms with Crippen LogP contribution >= 0.6 is 11.8 Å². The van der Waals surface area contributed by atoms with Gasteiger partial charge in [-0.05, 0) is 30.7 Å². The summed E-state index contributed by atoms with van der Waals surface area (Å²) >= 11 is 1.52. The van der Waals surface area contributed by atoms with Gasteiger partial charge in [-0.1, -0.05) is 48.2 Å². The summed E-state index contributed by atoms with van der Waals surface area (Å²) in [5.74, 6) is 1.59. The maximum atomic E-state index is 12.7. The zero-order chi connectivity index (χ0) is 17.6. The number of rotatable bonds is 7. The number of hydrogen-bond acceptors (Lipinski definition) is 4. The lowest BCUT2D eigenvalue weighted by atomic mass is 10.2. The van der Waals surface area contributed by atoms with Gasteiger partial charge < -0.3 is 4.74 Å². The molecule has 0 saturated carbocycles. The minimum absolute atomic E-state index is 0.0344. The van der Waals surface area contributed by atoms with Crippen molar-refractivity contribution >= 4 is 22.7 Å². The Balaban J connectivity index is 1.76. The Morgan fingerprint density at radius 1 is 1.20 bits per heavy atom. The second-order valence-corrected chi connectivity index (χ2v) is 6.64. The standard InChI is InChI=1S/C20H20N2O2S/c1-3-12-22-19(23)16-9-5-6-10-17(16)21-20(22)25-14-13-24-18-11-7-4-8-15(18)2/h3-11H,1,12-14H2,2H3. The van der Waals surface area contributed by atoms with E-state index in [-0.39, 0.29) is 5.56 Å². The molecule has 4 nitrogen and oxygen atoms in total. The molecule has 0 spiro atoms. The van der Waals surface area contributed by atoms with Crippen molar-refractivity contribution in [2.45, 2.75) is 18.6 Å². The summed E-state index contributed by atoms with van der Waals surface area (Å²) in [4.78, 5) is 17.3. The van der Waals surface area contributed by atoms with Crippen molar-refractivity contribution in [3.8, 4) is 5.75 Å². The number of thioether (sulfide) groups is 1. The number of benzene rings is 2. The van der Waals surface area contributed by atoms with Crippen molar-refractivity contribution < 1.29 is 4.74 Å². The van der Waals surface area contributed by atoms with Crippen LogP contribution in [0.15, 0.2) is 71.1 Å². The largest absolute Gasteiger partial charge is 0.492 e. The normalized spacial score (nSPS) is 10.8. The van der Waals surface area contributed by atoms with Gasteiger partial charge in [0.2, 0.25) is 0 Å². The van der Waals surface area contributed by atoms with Crippen LogP contribution in [0.1, 0.15) is 5.56 Å². The van der Waals surface area contributed by atoms with E-state index in [1.54, 1.807) is 16.7 Å². The topological polar surface area (TPSA) is 44.1 Å². The van der Waals surface area contributed by atoms with E-state index >= 15 is 0 Å². The molecule has 3 rings (SSSR count). The zero-order valence-corrected chi connectivity index (χ0v) is 15.0. The lowest BCUT2D eigenvalue weighted by Crippen LogP contribution is -2.23. The molecule has 128 valence electrons. The molecule has 0 radical (unpaired) electrons. The fourth-order valence-corrected chi connectivity index (χ4v) is 3.38. The van der Waals surface area contributed by atoms with Gasteiger partial charge in [0.25, 0.3) is 5.56 Å². The molecule has 0 saturated heterocycles. The van der Waals surface area contributed by atoms with Gasteiger partial charge in [0.05, 0.1) is 17.5 Å². The predicted molar refractivity (Wildman–Crippen MR) is 104 cm³/mol. The van der Waals surface area contributed by atoms with Crippen molar-refractivity contribution in [2.24, 2.45) is 0 Å². The Kier molecular flexibility index (Phi) is 5.56. The number of para-hydroxylation sites is 2. The number of ether oxygens (including phenoxy) is 1. The van der Waals surface area contributed by atoms with E-state index in [9.17, 15) is 4.79 Å². The highest BCUT2D eigenvalue weighted by Gasteiger charge is 2.10. The van der Waals surface area contributed by atoms with Gasteiger partial charge in [0.1, 0.15) is 5.75 Å². The van der Waals surface area contributed by atoms with Gasteiger partial charge in [-0.15, -0.1) is 6.58 Å². The fraction of sp³-hybridized carbons (Fsp3) is 0.200. The summed E-state index contributed by atoms with van der Waals surface area (Å²) in [7, 11) is 0. The van der Waals surface area contributed by atoms with Gasteiger partial charge in [0.15, 0.2) is 5.16 Å². The predicted octanol–water partition coefficient (Wildman–Crippen LogP) is 4.06. The van der Waals surface area contributed by atoms with E-state index in [1.165, 1.54) is 11.8 Å². The second kappa shape index (κ2) is 8.03. The Bertz CT molecular complexity index is 950. The van der Waals surface area contributed by atoms with Crippen LogP contribution in [-0.2, 0) is 6.54 Å². The van der Waals surface area contributed by atoms with E-state index in [4.69, 9.17) is 4.74 Å². The van der Waals surface area contributed by atoms with E-state index in [1.807, 2.05) is 49.4 Å². The molecule has 0 aliphatic heterocycles. The minimum Gasteiger partial charge on any atom is -0.492 e. The maximum Gasteiger partial charge on any atom is 0.262 e. The summed E-state index contributed by atoms with van der Waals surface area (Å²) in [6.45, 7) is 6.76. The van der Waals surface area contributed by atoms with Crippen LogP contribution in [0.2, 0.25) is 0 Å². The first-order chi connectivity index (χ1) is 12.2. The van der Waals surface area contributed by atoms with Crippen molar-refractivity contribution in [2.75, 3.05) is 12.4 Å². The third-order valence-electron chi connectivity index (χ3n) is 3.80. The first-order valence-corrected chi connectivity index (χ1v) is 9.11. The molecule has 1 aromatic heterocycles. The van der Waals surface area contributed by atoms with E-state index < -0.39 is 0 Å². The first-order valence-electron chi connectivity index (χ1n) is 8.12. The average Bonchev–Trinajstić information content (AvgIpc) is 2.63. The number of fused-ring (bicyclic) bond motifs is 1. The molecule has 0 atom stereocenters. The lowest BCUT2D eigenvalue weighted by molar-refractivity contribution is 0.341. The van der Waals surface area contributed by atoms with Crippen LogP contribution < -0.4 is 10.3 Å². The van der Waals surface area contributed by atoms with Crippen molar-refractivity contribution in [1.82, 2.24) is 9.55 Å². The molecule has 25 heavy (non-hydrogen) atoms. The van der Waals surface area contributed by atoms with Crippen LogP contribution in [0.5, 0.6) is 5.75 Å². The lowest BCUT2D eigenvalue weighted by Gasteiger charge is -2.12. The number of nitrogens with zero attached hydrogens (tertiary/aromatic N) is 2. The molecule has 0 fully saturated rings. The Labute approximate surface area is 151 Å². The highest BCUT2D eigenvalue weighted by Crippen LogP contribution is 2.20. The third kappa shape index (κ3) is 3.94. The number of allylic oxidation sites excluding steroid dienone is 1. The highest BCUT2D eigenvalue weighted by molar-refractivity contribution is 7.99. The monoisotopic (exact) mass is 352 g/mol. The average molecular weight is 352 g/mol. The van der Waals surface area contributed by atoms with E-state index in [2.05, 4.69) is 11.6 Å².